The zero-order valence-electron chi connectivity index (χ0n) is 10.7. The van der Waals surface area contributed by atoms with Crippen molar-refractivity contribution in [2.45, 2.75) is 13.0 Å². The SMILES string of the molecule is COC(=O)C(COc1cccc(C=O)c1)NC(C)=O. The molecule has 0 fully saturated rings. The fraction of sp³-hybridized carbons (Fsp3) is 0.308. The van der Waals surface area contributed by atoms with Crippen LogP contribution in [0.3, 0.4) is 0 Å². The van der Waals surface area contributed by atoms with Crippen molar-refractivity contribution in [3.63, 3.8) is 0 Å². The van der Waals surface area contributed by atoms with Gasteiger partial charge in [-0.15, -0.1) is 0 Å². The minimum Gasteiger partial charge on any atom is -0.491 e. The molecule has 6 heteroatoms. The lowest BCUT2D eigenvalue weighted by atomic mass is 10.2. The van der Waals surface area contributed by atoms with Crippen molar-refractivity contribution in [2.24, 2.45) is 0 Å². The van der Waals surface area contributed by atoms with Gasteiger partial charge < -0.3 is 14.8 Å². The topological polar surface area (TPSA) is 81.7 Å². The lowest BCUT2D eigenvalue weighted by Crippen LogP contribution is -2.44. The molecular weight excluding hydrogens is 250 g/mol. The summed E-state index contributed by atoms with van der Waals surface area (Å²) in [5.74, 6) is -0.522. The van der Waals surface area contributed by atoms with Crippen molar-refractivity contribution in [1.29, 1.82) is 0 Å². The van der Waals surface area contributed by atoms with Crippen LogP contribution < -0.4 is 10.1 Å². The van der Waals surface area contributed by atoms with Crippen LogP contribution in [0.15, 0.2) is 24.3 Å². The van der Waals surface area contributed by atoms with Crippen LogP contribution in [0, 0.1) is 0 Å². The van der Waals surface area contributed by atoms with Crippen molar-refractivity contribution >= 4 is 18.2 Å². The van der Waals surface area contributed by atoms with E-state index in [9.17, 15) is 14.4 Å². The van der Waals surface area contributed by atoms with E-state index in [-0.39, 0.29) is 12.5 Å². The Kier molecular flexibility index (Phi) is 5.53. The molecule has 1 amide bonds. The van der Waals surface area contributed by atoms with Gasteiger partial charge in [0.05, 0.1) is 7.11 Å². The number of methoxy groups -OCH3 is 1. The van der Waals surface area contributed by atoms with Gasteiger partial charge in [0.15, 0.2) is 6.04 Å². The second kappa shape index (κ2) is 7.15. The van der Waals surface area contributed by atoms with Gasteiger partial charge in [-0.25, -0.2) is 4.79 Å². The fourth-order valence-corrected chi connectivity index (χ4v) is 1.41. The molecule has 1 unspecified atom stereocenters. The Morgan fingerprint density at radius 3 is 2.74 bits per heavy atom. The molecule has 0 saturated carbocycles. The van der Waals surface area contributed by atoms with Crippen LogP contribution in [-0.2, 0) is 14.3 Å². The number of hydrogen-bond donors (Lipinski definition) is 1. The number of nitrogens with one attached hydrogen (secondary N) is 1. The monoisotopic (exact) mass is 265 g/mol. The highest BCUT2D eigenvalue weighted by molar-refractivity contribution is 5.83. The number of ether oxygens (including phenoxy) is 2. The summed E-state index contributed by atoms with van der Waals surface area (Å²) in [6, 6.07) is 5.59. The maximum absolute atomic E-state index is 11.4. The first-order valence-electron chi connectivity index (χ1n) is 5.59. The molecule has 0 spiro atoms. The maximum atomic E-state index is 11.4. The Labute approximate surface area is 110 Å². The Morgan fingerprint density at radius 1 is 1.42 bits per heavy atom. The number of carbonyl (C=O) groups is 3. The second-order valence-electron chi connectivity index (χ2n) is 3.78. The van der Waals surface area contributed by atoms with Crippen LogP contribution in [0.4, 0.5) is 0 Å². The Hall–Kier alpha value is -2.37. The molecule has 1 aromatic carbocycles. The van der Waals surface area contributed by atoms with Gasteiger partial charge in [-0.3, -0.25) is 9.59 Å². The van der Waals surface area contributed by atoms with Gasteiger partial charge in [0, 0.05) is 12.5 Å². The summed E-state index contributed by atoms with van der Waals surface area (Å²) in [6.07, 6.45) is 0.693. The van der Waals surface area contributed by atoms with Crippen LogP contribution in [-0.4, -0.2) is 37.9 Å². The maximum Gasteiger partial charge on any atom is 0.331 e. The number of carbonyl (C=O) groups excluding carboxylic acids is 3. The molecule has 19 heavy (non-hydrogen) atoms. The molecule has 0 aliphatic heterocycles. The van der Waals surface area contributed by atoms with Crippen LogP contribution >= 0.6 is 0 Å². The van der Waals surface area contributed by atoms with Gasteiger partial charge in [-0.05, 0) is 12.1 Å². The first kappa shape index (κ1) is 14.7. The number of rotatable bonds is 6. The van der Waals surface area contributed by atoms with E-state index in [0.29, 0.717) is 17.6 Å². The van der Waals surface area contributed by atoms with Crippen molar-refractivity contribution in [3.8, 4) is 5.75 Å². The average Bonchev–Trinajstić information content (AvgIpc) is 2.42. The van der Waals surface area contributed by atoms with Crippen LogP contribution in [0.25, 0.3) is 0 Å². The second-order valence-corrected chi connectivity index (χ2v) is 3.78. The summed E-state index contributed by atoms with van der Waals surface area (Å²) >= 11 is 0. The molecule has 1 N–H and O–H groups in total. The molecule has 0 radical (unpaired) electrons. The van der Waals surface area contributed by atoms with E-state index in [1.807, 2.05) is 0 Å². The molecule has 0 bridgehead atoms. The first-order chi connectivity index (χ1) is 9.06. The highest BCUT2D eigenvalue weighted by Gasteiger charge is 2.20. The smallest absolute Gasteiger partial charge is 0.331 e. The van der Waals surface area contributed by atoms with E-state index in [0.717, 1.165) is 0 Å². The van der Waals surface area contributed by atoms with E-state index < -0.39 is 12.0 Å². The van der Waals surface area contributed by atoms with Crippen molar-refractivity contribution in [3.05, 3.63) is 29.8 Å². The molecular formula is C13H15NO5. The Morgan fingerprint density at radius 2 is 2.16 bits per heavy atom. The van der Waals surface area contributed by atoms with Crippen LogP contribution in [0.2, 0.25) is 0 Å². The third-order valence-corrected chi connectivity index (χ3v) is 2.27. The van der Waals surface area contributed by atoms with Gasteiger partial charge >= 0.3 is 5.97 Å². The molecule has 0 heterocycles. The third-order valence-electron chi connectivity index (χ3n) is 2.27. The van der Waals surface area contributed by atoms with Gasteiger partial charge in [-0.1, -0.05) is 12.1 Å². The molecule has 1 aromatic rings. The number of amides is 1. The van der Waals surface area contributed by atoms with Gasteiger partial charge in [0.2, 0.25) is 5.91 Å². The fourth-order valence-electron chi connectivity index (χ4n) is 1.41. The summed E-state index contributed by atoms with van der Waals surface area (Å²) in [7, 11) is 1.23. The number of benzene rings is 1. The average molecular weight is 265 g/mol. The predicted octanol–water partition coefficient (Wildman–Crippen LogP) is 0.556. The largest absolute Gasteiger partial charge is 0.491 e. The zero-order valence-corrected chi connectivity index (χ0v) is 10.7. The summed E-state index contributed by atoms with van der Waals surface area (Å²) in [5.41, 5.74) is 0.464. The minimum absolute atomic E-state index is 0.0748. The molecule has 1 atom stereocenters. The highest BCUT2D eigenvalue weighted by Crippen LogP contribution is 2.12. The standard InChI is InChI=1S/C13H15NO5/c1-9(16)14-12(13(17)18-2)8-19-11-5-3-4-10(6-11)7-15/h3-7,12H,8H2,1-2H3,(H,14,16). The number of esters is 1. The predicted molar refractivity (Wildman–Crippen MR) is 66.9 cm³/mol. The van der Waals surface area contributed by atoms with Crippen molar-refractivity contribution in [1.82, 2.24) is 5.32 Å². The third kappa shape index (κ3) is 4.79. The molecule has 1 rings (SSSR count). The first-order valence-corrected chi connectivity index (χ1v) is 5.59. The summed E-state index contributed by atoms with van der Waals surface area (Å²) in [5, 5.41) is 2.42. The van der Waals surface area contributed by atoms with Crippen molar-refractivity contribution in [2.75, 3.05) is 13.7 Å². The molecule has 6 nitrogen and oxygen atoms in total. The zero-order chi connectivity index (χ0) is 14.3. The van der Waals surface area contributed by atoms with E-state index in [1.165, 1.54) is 20.1 Å². The molecule has 0 aromatic heterocycles. The summed E-state index contributed by atoms with van der Waals surface area (Å²) in [6.45, 7) is 1.22. The van der Waals surface area contributed by atoms with Crippen molar-refractivity contribution < 1.29 is 23.9 Å². The normalized spacial score (nSPS) is 11.3. The molecule has 0 saturated heterocycles. The Balaban J connectivity index is 2.66. The molecule has 0 aliphatic rings. The number of hydrogen-bond acceptors (Lipinski definition) is 5. The van der Waals surface area contributed by atoms with Crippen LogP contribution in [0.5, 0.6) is 5.75 Å². The lowest BCUT2D eigenvalue weighted by Gasteiger charge is -2.16. The van der Waals surface area contributed by atoms with Gasteiger partial charge in [-0.2, -0.15) is 0 Å². The highest BCUT2D eigenvalue weighted by atomic mass is 16.5. The van der Waals surface area contributed by atoms with Crippen LogP contribution in [0.1, 0.15) is 17.3 Å². The summed E-state index contributed by atoms with van der Waals surface area (Å²) < 4.78 is 9.92. The Bertz CT molecular complexity index is 472. The van der Waals surface area contributed by atoms with E-state index in [2.05, 4.69) is 10.1 Å². The summed E-state index contributed by atoms with van der Waals surface area (Å²) in [4.78, 5) is 33.0. The van der Waals surface area contributed by atoms with Gasteiger partial charge in [0.25, 0.3) is 0 Å². The van der Waals surface area contributed by atoms with E-state index in [1.54, 1.807) is 18.2 Å². The quantitative estimate of drug-likeness (QED) is 0.600. The van der Waals surface area contributed by atoms with Gasteiger partial charge in [0.1, 0.15) is 18.6 Å². The minimum atomic E-state index is -0.887. The lowest BCUT2D eigenvalue weighted by molar-refractivity contribution is -0.145. The van der Waals surface area contributed by atoms with E-state index >= 15 is 0 Å². The number of aldehydes is 1. The molecule has 0 aliphatic carbocycles. The van der Waals surface area contributed by atoms with E-state index in [4.69, 9.17) is 4.74 Å². The molecule has 102 valence electrons.